The molecule has 1 aliphatic heterocycles. The quantitative estimate of drug-likeness (QED) is 0.302. The highest BCUT2D eigenvalue weighted by atomic mass is 19.1. The Kier molecular flexibility index (Phi) is 7.89. The van der Waals surface area contributed by atoms with Gasteiger partial charge in [0.1, 0.15) is 23.8 Å². The number of halogens is 1. The lowest BCUT2D eigenvalue weighted by atomic mass is 9.93. The minimum absolute atomic E-state index is 0.0330. The summed E-state index contributed by atoms with van der Waals surface area (Å²) >= 11 is 0. The van der Waals surface area contributed by atoms with E-state index in [1.165, 1.54) is 20.3 Å². The Morgan fingerprint density at radius 2 is 1.93 bits per heavy atom. The largest absolute Gasteiger partial charge is 0.494 e. The van der Waals surface area contributed by atoms with E-state index in [9.17, 15) is 9.18 Å². The van der Waals surface area contributed by atoms with Crippen molar-refractivity contribution in [1.29, 1.82) is 5.26 Å². The molecule has 10 nitrogen and oxygen atoms in total. The number of fused-ring (bicyclic) bond motifs is 1. The van der Waals surface area contributed by atoms with Crippen LogP contribution in [0.5, 0.6) is 11.6 Å². The molecule has 1 saturated heterocycles. The summed E-state index contributed by atoms with van der Waals surface area (Å²) in [6, 6.07) is 13.5. The van der Waals surface area contributed by atoms with Gasteiger partial charge >= 0.3 is 5.97 Å². The fourth-order valence-corrected chi connectivity index (χ4v) is 4.88. The highest BCUT2D eigenvalue weighted by Gasteiger charge is 2.25. The maximum absolute atomic E-state index is 14.2. The first-order valence-electron chi connectivity index (χ1n) is 12.9. The second-order valence-corrected chi connectivity index (χ2v) is 9.62. The van der Waals surface area contributed by atoms with Crippen molar-refractivity contribution in [3.63, 3.8) is 0 Å². The van der Waals surface area contributed by atoms with E-state index in [2.05, 4.69) is 14.9 Å². The maximum Gasteiger partial charge on any atom is 0.356 e. The molecule has 4 heterocycles. The van der Waals surface area contributed by atoms with E-state index in [1.807, 2.05) is 29.8 Å². The number of rotatable bonds is 8. The van der Waals surface area contributed by atoms with Gasteiger partial charge in [0.25, 0.3) is 0 Å². The van der Waals surface area contributed by atoms with Crippen molar-refractivity contribution in [2.24, 2.45) is 7.05 Å². The molecule has 5 rings (SSSR count). The summed E-state index contributed by atoms with van der Waals surface area (Å²) in [6.07, 6.45) is 1.83. The third-order valence-corrected chi connectivity index (χ3v) is 7.17. The second-order valence-electron chi connectivity index (χ2n) is 9.62. The number of hydrogen-bond donors (Lipinski definition) is 0. The lowest BCUT2D eigenvalue weighted by Crippen LogP contribution is -2.33. The summed E-state index contributed by atoms with van der Waals surface area (Å²) in [5.74, 6) is 1.01. The Morgan fingerprint density at radius 3 is 2.62 bits per heavy atom. The fourth-order valence-electron chi connectivity index (χ4n) is 4.88. The van der Waals surface area contributed by atoms with Gasteiger partial charge in [-0.15, -0.1) is 0 Å². The van der Waals surface area contributed by atoms with E-state index in [4.69, 9.17) is 24.5 Å². The third-order valence-electron chi connectivity index (χ3n) is 7.17. The van der Waals surface area contributed by atoms with Crippen molar-refractivity contribution in [3.8, 4) is 17.7 Å². The van der Waals surface area contributed by atoms with E-state index in [-0.39, 0.29) is 23.8 Å². The number of imidazole rings is 1. The number of carbonyl (C=O) groups excluding carboxylic acids is 1. The number of aromatic nitrogens is 4. The van der Waals surface area contributed by atoms with Crippen LogP contribution >= 0.6 is 0 Å². The normalized spacial score (nSPS) is 14.2. The molecule has 11 heteroatoms. The summed E-state index contributed by atoms with van der Waals surface area (Å²) in [4.78, 5) is 28.3. The van der Waals surface area contributed by atoms with Gasteiger partial charge < -0.3 is 18.8 Å². The van der Waals surface area contributed by atoms with Gasteiger partial charge in [-0.3, -0.25) is 4.90 Å². The molecular formula is C29H29FN6O4. The smallest absolute Gasteiger partial charge is 0.356 e. The van der Waals surface area contributed by atoms with Crippen LogP contribution in [0.3, 0.4) is 0 Å². The zero-order valence-electron chi connectivity index (χ0n) is 22.6. The molecule has 0 amide bonds. The van der Waals surface area contributed by atoms with Gasteiger partial charge in [0.05, 0.1) is 32.4 Å². The molecule has 0 spiro atoms. The number of carbonyl (C=O) groups is 1. The Bertz CT molecular complexity index is 1590. The summed E-state index contributed by atoms with van der Waals surface area (Å²) in [7, 11) is 4.73. The molecule has 3 aromatic heterocycles. The minimum atomic E-state index is -0.533. The molecule has 0 radical (unpaired) electrons. The van der Waals surface area contributed by atoms with Gasteiger partial charge in [-0.1, -0.05) is 12.1 Å². The number of nitrogens with zero attached hydrogens (tertiary/aromatic N) is 6. The minimum Gasteiger partial charge on any atom is -0.494 e. The van der Waals surface area contributed by atoms with Gasteiger partial charge in [-0.25, -0.2) is 24.1 Å². The topological polar surface area (TPSA) is 115 Å². The van der Waals surface area contributed by atoms with Crippen LogP contribution in [-0.2, 0) is 24.9 Å². The Labute approximate surface area is 230 Å². The number of nitriles is 1. The molecule has 0 atom stereocenters. The fraction of sp³-hybridized carbons (Fsp3) is 0.345. The first-order valence-corrected chi connectivity index (χ1v) is 12.9. The zero-order chi connectivity index (χ0) is 28.2. The van der Waals surface area contributed by atoms with Crippen LogP contribution in [0, 0.1) is 17.1 Å². The number of hydrogen-bond acceptors (Lipinski definition) is 9. The summed E-state index contributed by atoms with van der Waals surface area (Å²) < 4.78 is 32.1. The Balaban J connectivity index is 1.22. The van der Waals surface area contributed by atoms with Crippen molar-refractivity contribution < 1.29 is 23.4 Å². The van der Waals surface area contributed by atoms with Crippen molar-refractivity contribution in [3.05, 3.63) is 76.6 Å². The van der Waals surface area contributed by atoms with Crippen molar-refractivity contribution >= 4 is 17.1 Å². The molecule has 0 unspecified atom stereocenters. The number of pyridine rings is 2. The van der Waals surface area contributed by atoms with Crippen LogP contribution < -0.4 is 9.47 Å². The number of benzene rings is 1. The number of methoxy groups -OCH3 is 2. The zero-order valence-corrected chi connectivity index (χ0v) is 22.6. The van der Waals surface area contributed by atoms with Gasteiger partial charge in [0, 0.05) is 36.4 Å². The van der Waals surface area contributed by atoms with Gasteiger partial charge in [-0.05, 0) is 44.1 Å². The summed E-state index contributed by atoms with van der Waals surface area (Å²) in [5.41, 5.74) is 2.92. The van der Waals surface area contributed by atoms with E-state index in [1.54, 1.807) is 24.3 Å². The van der Waals surface area contributed by atoms with Crippen LogP contribution in [0.2, 0.25) is 0 Å². The van der Waals surface area contributed by atoms with E-state index < -0.39 is 11.8 Å². The number of esters is 1. The summed E-state index contributed by atoms with van der Waals surface area (Å²) in [6.45, 7) is 2.37. The van der Waals surface area contributed by atoms with Gasteiger partial charge in [0.15, 0.2) is 17.1 Å². The molecule has 4 aromatic rings. The molecule has 206 valence electrons. The van der Waals surface area contributed by atoms with E-state index >= 15 is 0 Å². The van der Waals surface area contributed by atoms with Crippen LogP contribution in [0.4, 0.5) is 4.39 Å². The lowest BCUT2D eigenvalue weighted by molar-refractivity contribution is 0.0594. The average molecular weight is 545 g/mol. The van der Waals surface area contributed by atoms with E-state index in [0.29, 0.717) is 34.9 Å². The van der Waals surface area contributed by atoms with E-state index in [0.717, 1.165) is 37.4 Å². The standard InChI is InChI=1S/C29H29FN6O4/c1-35-25(34-27-24(38-2)14-23(29(37)39-3)33-28(27)35)16-36-11-9-19(10-12-36)22-5-4-6-26(32-22)40-17-20-8-7-18(15-31)13-21(20)30/h4-8,13-14,19H,9-12,16-17H2,1-3H3. The summed E-state index contributed by atoms with van der Waals surface area (Å²) in [5, 5.41) is 8.91. The number of aryl methyl sites for hydroxylation is 1. The SMILES string of the molecule is COC(=O)c1cc(OC)c2nc(CN3CCC(c4cccc(OCc5ccc(C#N)cc5F)n4)CC3)n(C)c2n1. The monoisotopic (exact) mass is 544 g/mol. The molecule has 1 fully saturated rings. The predicted octanol–water partition coefficient (Wildman–Crippen LogP) is 4.13. The van der Waals surface area contributed by atoms with Crippen LogP contribution in [0.1, 0.15) is 51.9 Å². The number of likely N-dealkylation sites (tertiary alicyclic amines) is 1. The van der Waals surface area contributed by atoms with Crippen molar-refractivity contribution in [1.82, 2.24) is 24.4 Å². The molecule has 40 heavy (non-hydrogen) atoms. The van der Waals surface area contributed by atoms with Crippen molar-refractivity contribution in [2.75, 3.05) is 27.3 Å². The number of ether oxygens (including phenoxy) is 3. The molecule has 0 bridgehead atoms. The molecular weight excluding hydrogens is 515 g/mol. The number of piperidine rings is 1. The second kappa shape index (κ2) is 11.7. The van der Waals surface area contributed by atoms with Crippen LogP contribution in [-0.4, -0.2) is 57.7 Å². The average Bonchev–Trinajstić information content (AvgIpc) is 3.30. The van der Waals surface area contributed by atoms with Crippen molar-refractivity contribution in [2.45, 2.75) is 31.9 Å². The first kappa shape index (κ1) is 27.0. The third kappa shape index (κ3) is 5.58. The Hall–Kier alpha value is -4.56. The first-order chi connectivity index (χ1) is 19.4. The van der Waals surface area contributed by atoms with Crippen LogP contribution in [0.25, 0.3) is 11.2 Å². The highest BCUT2D eigenvalue weighted by Crippen LogP contribution is 2.30. The maximum atomic E-state index is 14.2. The predicted molar refractivity (Wildman–Crippen MR) is 143 cm³/mol. The highest BCUT2D eigenvalue weighted by molar-refractivity contribution is 5.92. The van der Waals surface area contributed by atoms with Gasteiger partial charge in [0.2, 0.25) is 5.88 Å². The molecule has 0 saturated carbocycles. The molecule has 0 aliphatic carbocycles. The van der Waals surface area contributed by atoms with Crippen LogP contribution in [0.15, 0.2) is 42.5 Å². The lowest BCUT2D eigenvalue weighted by Gasteiger charge is -2.31. The Morgan fingerprint density at radius 1 is 1.12 bits per heavy atom. The molecule has 1 aliphatic rings. The van der Waals surface area contributed by atoms with Gasteiger partial charge in [-0.2, -0.15) is 5.26 Å². The molecule has 1 aromatic carbocycles. The molecule has 0 N–H and O–H groups in total.